The van der Waals surface area contributed by atoms with Gasteiger partial charge in [0.25, 0.3) is 0 Å². The number of nitrogens with zero attached hydrogens (tertiary/aromatic N) is 3. The summed E-state index contributed by atoms with van der Waals surface area (Å²) in [5.41, 5.74) is 8.11. The predicted molar refractivity (Wildman–Crippen MR) is 176 cm³/mol. The van der Waals surface area contributed by atoms with E-state index in [1.165, 1.54) is 5.56 Å². The monoisotopic (exact) mass is 565 g/mol. The highest BCUT2D eigenvalue weighted by atomic mass is 16.3. The zero-order valence-electron chi connectivity index (χ0n) is 23.4. The molecule has 0 aliphatic carbocycles. The molecule has 0 atom stereocenters. The number of aromatic nitrogens is 3. The Morgan fingerprint density at radius 1 is 0.341 bits per heavy atom. The first kappa shape index (κ1) is 24.5. The summed E-state index contributed by atoms with van der Waals surface area (Å²) < 4.78 is 12.7. The molecule has 3 aromatic heterocycles. The highest BCUT2D eigenvalue weighted by Gasteiger charge is 2.18. The van der Waals surface area contributed by atoms with Crippen LogP contribution in [0, 0.1) is 0 Å². The second kappa shape index (κ2) is 9.75. The van der Waals surface area contributed by atoms with Gasteiger partial charge in [-0.3, -0.25) is 0 Å². The van der Waals surface area contributed by atoms with Crippen LogP contribution in [0.15, 0.2) is 148 Å². The maximum Gasteiger partial charge on any atom is 0.167 e. The zero-order chi connectivity index (χ0) is 29.0. The maximum absolute atomic E-state index is 6.35. The van der Waals surface area contributed by atoms with E-state index in [9.17, 15) is 0 Å². The number of para-hydroxylation sites is 2. The van der Waals surface area contributed by atoms with Crippen LogP contribution in [0.5, 0.6) is 0 Å². The van der Waals surface area contributed by atoms with Crippen molar-refractivity contribution in [1.82, 2.24) is 15.0 Å². The SMILES string of the molecule is c1ccc(-c2ccc3oc4cc(-c5nc(-c6ccccc6)nc(-c6cccc7c6oc6ccccc67)n5)ccc4c3c2)cc1. The van der Waals surface area contributed by atoms with Crippen molar-refractivity contribution in [3.8, 4) is 45.3 Å². The van der Waals surface area contributed by atoms with E-state index in [2.05, 4.69) is 60.7 Å². The van der Waals surface area contributed by atoms with Crippen molar-refractivity contribution in [3.05, 3.63) is 140 Å². The van der Waals surface area contributed by atoms with Gasteiger partial charge in [-0.05, 0) is 47.5 Å². The normalized spacial score (nSPS) is 11.6. The molecule has 0 saturated carbocycles. The fourth-order valence-electron chi connectivity index (χ4n) is 5.99. The summed E-state index contributed by atoms with van der Waals surface area (Å²) in [6.07, 6.45) is 0. The lowest BCUT2D eigenvalue weighted by molar-refractivity contribution is 0.668. The van der Waals surface area contributed by atoms with Crippen LogP contribution in [0.2, 0.25) is 0 Å². The molecule has 0 amide bonds. The summed E-state index contributed by atoms with van der Waals surface area (Å²) in [6.45, 7) is 0. The Morgan fingerprint density at radius 3 is 1.82 bits per heavy atom. The summed E-state index contributed by atoms with van der Waals surface area (Å²) in [7, 11) is 0. The number of hydrogen-bond acceptors (Lipinski definition) is 5. The minimum absolute atomic E-state index is 0.552. The van der Waals surface area contributed by atoms with E-state index in [0.29, 0.717) is 17.5 Å². The van der Waals surface area contributed by atoms with Crippen LogP contribution >= 0.6 is 0 Å². The van der Waals surface area contributed by atoms with E-state index in [4.69, 9.17) is 23.8 Å². The molecule has 3 heterocycles. The summed E-state index contributed by atoms with van der Waals surface area (Å²) >= 11 is 0. The summed E-state index contributed by atoms with van der Waals surface area (Å²) in [6, 6.07) is 47.0. The molecule has 0 unspecified atom stereocenters. The Labute approximate surface area is 252 Å². The molecule has 9 rings (SSSR count). The fourth-order valence-corrected chi connectivity index (χ4v) is 5.99. The van der Waals surface area contributed by atoms with Crippen LogP contribution in [0.4, 0.5) is 0 Å². The third kappa shape index (κ3) is 3.98. The van der Waals surface area contributed by atoms with Gasteiger partial charge in [0.05, 0.1) is 5.56 Å². The first-order valence-corrected chi connectivity index (χ1v) is 14.5. The molecular formula is C39H23N3O2. The molecule has 0 aliphatic heterocycles. The molecule has 0 saturated heterocycles. The molecule has 5 heteroatoms. The molecule has 206 valence electrons. The number of benzene rings is 6. The van der Waals surface area contributed by atoms with E-state index < -0.39 is 0 Å². The van der Waals surface area contributed by atoms with E-state index in [1.807, 2.05) is 78.9 Å². The molecule has 0 N–H and O–H groups in total. The zero-order valence-corrected chi connectivity index (χ0v) is 23.4. The standard InChI is InChI=1S/C39H23N3O2/c1-3-10-24(11-4-1)26-19-21-34-32(22-26)29-20-18-27(23-35(29)43-34)38-40-37(25-12-5-2-6-13-25)41-39(42-38)31-16-9-15-30-28-14-7-8-17-33(28)44-36(30)31/h1-23H. The minimum atomic E-state index is 0.552. The van der Waals surface area contributed by atoms with Crippen LogP contribution in [0.3, 0.4) is 0 Å². The molecule has 6 aromatic carbocycles. The largest absolute Gasteiger partial charge is 0.456 e. The maximum atomic E-state index is 6.35. The van der Waals surface area contributed by atoms with Crippen LogP contribution in [0.25, 0.3) is 89.2 Å². The van der Waals surface area contributed by atoms with Gasteiger partial charge in [-0.25, -0.2) is 15.0 Å². The van der Waals surface area contributed by atoms with Gasteiger partial charge in [0.15, 0.2) is 17.5 Å². The molecule has 0 fully saturated rings. The summed E-state index contributed by atoms with van der Waals surface area (Å²) in [4.78, 5) is 14.9. The quantitative estimate of drug-likeness (QED) is 0.212. The van der Waals surface area contributed by atoms with Crippen molar-refractivity contribution < 1.29 is 8.83 Å². The van der Waals surface area contributed by atoms with Crippen molar-refractivity contribution >= 4 is 43.9 Å². The van der Waals surface area contributed by atoms with Crippen LogP contribution in [0.1, 0.15) is 0 Å². The van der Waals surface area contributed by atoms with Gasteiger partial charge in [0.1, 0.15) is 22.3 Å². The topological polar surface area (TPSA) is 65.0 Å². The first-order valence-electron chi connectivity index (χ1n) is 14.5. The second-order valence-corrected chi connectivity index (χ2v) is 10.8. The van der Waals surface area contributed by atoms with E-state index in [1.54, 1.807) is 0 Å². The van der Waals surface area contributed by atoms with Crippen molar-refractivity contribution in [2.24, 2.45) is 0 Å². The Balaban J connectivity index is 1.22. The van der Waals surface area contributed by atoms with Crippen LogP contribution in [-0.2, 0) is 0 Å². The molecule has 44 heavy (non-hydrogen) atoms. The molecular weight excluding hydrogens is 542 g/mol. The Hall–Kier alpha value is -6.07. The van der Waals surface area contributed by atoms with Gasteiger partial charge in [0.2, 0.25) is 0 Å². The number of fused-ring (bicyclic) bond motifs is 6. The Kier molecular flexibility index (Phi) is 5.43. The van der Waals surface area contributed by atoms with Gasteiger partial charge in [0, 0.05) is 32.7 Å². The average molecular weight is 566 g/mol. The molecule has 5 nitrogen and oxygen atoms in total. The van der Waals surface area contributed by atoms with Crippen molar-refractivity contribution in [1.29, 1.82) is 0 Å². The molecule has 0 aliphatic rings. The van der Waals surface area contributed by atoms with Gasteiger partial charge < -0.3 is 8.83 Å². The molecule has 0 bridgehead atoms. The van der Waals surface area contributed by atoms with Crippen LogP contribution < -0.4 is 0 Å². The third-order valence-corrected chi connectivity index (χ3v) is 8.15. The Morgan fingerprint density at radius 2 is 0.977 bits per heavy atom. The van der Waals surface area contributed by atoms with Crippen molar-refractivity contribution in [3.63, 3.8) is 0 Å². The lowest BCUT2D eigenvalue weighted by Crippen LogP contribution is -2.00. The van der Waals surface area contributed by atoms with E-state index in [-0.39, 0.29) is 0 Å². The molecule has 9 aromatic rings. The van der Waals surface area contributed by atoms with Crippen molar-refractivity contribution in [2.45, 2.75) is 0 Å². The lowest BCUT2D eigenvalue weighted by Gasteiger charge is -2.09. The van der Waals surface area contributed by atoms with Crippen LogP contribution in [-0.4, -0.2) is 15.0 Å². The highest BCUT2D eigenvalue weighted by molar-refractivity contribution is 6.09. The minimum Gasteiger partial charge on any atom is -0.456 e. The fraction of sp³-hybridized carbons (Fsp3) is 0. The van der Waals surface area contributed by atoms with Gasteiger partial charge in [-0.2, -0.15) is 0 Å². The van der Waals surface area contributed by atoms with E-state index in [0.717, 1.165) is 66.1 Å². The average Bonchev–Trinajstić information content (AvgIpc) is 3.66. The highest BCUT2D eigenvalue weighted by Crippen LogP contribution is 2.37. The molecule has 0 spiro atoms. The summed E-state index contributed by atoms with van der Waals surface area (Å²) in [5, 5.41) is 4.21. The van der Waals surface area contributed by atoms with Crippen molar-refractivity contribution in [2.75, 3.05) is 0 Å². The smallest absolute Gasteiger partial charge is 0.167 e. The number of hydrogen-bond donors (Lipinski definition) is 0. The van der Waals surface area contributed by atoms with Gasteiger partial charge >= 0.3 is 0 Å². The lowest BCUT2D eigenvalue weighted by atomic mass is 10.0. The number of furan rings is 2. The van der Waals surface area contributed by atoms with Gasteiger partial charge in [-0.15, -0.1) is 0 Å². The second-order valence-electron chi connectivity index (χ2n) is 10.8. The Bertz CT molecular complexity index is 2500. The van der Waals surface area contributed by atoms with Gasteiger partial charge in [-0.1, -0.05) is 103 Å². The third-order valence-electron chi connectivity index (χ3n) is 8.15. The predicted octanol–water partition coefficient (Wildman–Crippen LogP) is 10.3. The number of rotatable bonds is 4. The first-order chi connectivity index (χ1) is 21.8. The summed E-state index contributed by atoms with van der Waals surface area (Å²) in [5.74, 6) is 1.71. The molecule has 0 radical (unpaired) electrons. The van der Waals surface area contributed by atoms with E-state index >= 15 is 0 Å².